The minimum atomic E-state index is -0.881. The summed E-state index contributed by atoms with van der Waals surface area (Å²) < 4.78 is 0. The first-order valence-electron chi connectivity index (χ1n) is 10.2. The summed E-state index contributed by atoms with van der Waals surface area (Å²) in [6, 6.07) is 14.7. The molecule has 0 unspecified atom stereocenters. The number of hydrogen-bond donors (Lipinski definition) is 1. The lowest BCUT2D eigenvalue weighted by molar-refractivity contribution is -0.137. The summed E-state index contributed by atoms with van der Waals surface area (Å²) in [5, 5.41) is 8.83. The predicted molar refractivity (Wildman–Crippen MR) is 113 cm³/mol. The quantitative estimate of drug-likeness (QED) is 0.848. The van der Waals surface area contributed by atoms with Crippen molar-refractivity contribution in [1.29, 1.82) is 0 Å². The van der Waals surface area contributed by atoms with Crippen LogP contribution in [0.1, 0.15) is 17.5 Å². The third-order valence-corrected chi connectivity index (χ3v) is 5.93. The van der Waals surface area contributed by atoms with Crippen LogP contribution in [0.15, 0.2) is 42.5 Å². The third-order valence-electron chi connectivity index (χ3n) is 5.93. The number of anilines is 1. The molecule has 0 saturated carbocycles. The van der Waals surface area contributed by atoms with Crippen LogP contribution in [0.25, 0.3) is 11.1 Å². The topological polar surface area (TPSA) is 64.1 Å². The Labute approximate surface area is 171 Å². The summed E-state index contributed by atoms with van der Waals surface area (Å²) in [5.41, 5.74) is 6.07. The largest absolute Gasteiger partial charge is 0.481 e. The first-order chi connectivity index (χ1) is 14.0. The summed E-state index contributed by atoms with van der Waals surface area (Å²) >= 11 is 0. The Morgan fingerprint density at radius 2 is 1.62 bits per heavy atom. The van der Waals surface area contributed by atoms with E-state index in [4.69, 9.17) is 5.11 Å². The van der Waals surface area contributed by atoms with Crippen LogP contribution < -0.4 is 4.90 Å². The van der Waals surface area contributed by atoms with Gasteiger partial charge in [0.15, 0.2) is 0 Å². The molecule has 6 nitrogen and oxygen atoms in total. The fourth-order valence-electron chi connectivity index (χ4n) is 4.11. The molecular formula is C23H27N3O3. The number of aliphatic carboxylic acids is 1. The fraction of sp³-hybridized carbons (Fsp3) is 0.391. The standard InChI is InChI=1S/C23H27N3O3/c1-24-11-8-18-2-3-19(16-20(18)9-12-24)17-4-6-21(7-5-17)26-15-14-25(23(26)29)13-10-22(27)28/h2-7,16H,8-15H2,1H3,(H,27,28). The number of benzene rings is 2. The maximum absolute atomic E-state index is 12.5. The highest BCUT2D eigenvalue weighted by molar-refractivity contribution is 5.94. The average Bonchev–Trinajstić information content (AvgIpc) is 2.98. The Morgan fingerprint density at radius 3 is 2.34 bits per heavy atom. The minimum Gasteiger partial charge on any atom is -0.481 e. The van der Waals surface area contributed by atoms with Crippen LogP contribution in [0, 0.1) is 0 Å². The third kappa shape index (κ3) is 4.27. The van der Waals surface area contributed by atoms with Gasteiger partial charge in [0.1, 0.15) is 0 Å². The summed E-state index contributed by atoms with van der Waals surface area (Å²) in [6.07, 6.45) is 2.15. The maximum Gasteiger partial charge on any atom is 0.324 e. The highest BCUT2D eigenvalue weighted by Gasteiger charge is 2.29. The number of hydrogen-bond acceptors (Lipinski definition) is 3. The molecule has 0 radical (unpaired) electrons. The Hall–Kier alpha value is -2.86. The SMILES string of the molecule is CN1CCc2ccc(-c3ccc(N4CCN(CCC(=O)O)C4=O)cc3)cc2CC1. The molecule has 2 amide bonds. The van der Waals surface area contributed by atoms with Gasteiger partial charge in [0.05, 0.1) is 6.42 Å². The summed E-state index contributed by atoms with van der Waals surface area (Å²) in [6.45, 7) is 3.60. The summed E-state index contributed by atoms with van der Waals surface area (Å²) in [4.78, 5) is 29.0. The van der Waals surface area contributed by atoms with Gasteiger partial charge >= 0.3 is 12.0 Å². The Kier molecular flexibility index (Phi) is 5.53. The molecule has 6 heteroatoms. The monoisotopic (exact) mass is 393 g/mol. The lowest BCUT2D eigenvalue weighted by Gasteiger charge is -2.18. The van der Waals surface area contributed by atoms with Crippen molar-refractivity contribution >= 4 is 17.7 Å². The molecule has 0 bridgehead atoms. The van der Waals surface area contributed by atoms with Crippen LogP contribution in [0.5, 0.6) is 0 Å². The van der Waals surface area contributed by atoms with Gasteiger partial charge in [0, 0.05) is 38.4 Å². The van der Waals surface area contributed by atoms with E-state index in [0.29, 0.717) is 13.1 Å². The lowest BCUT2D eigenvalue weighted by atomic mass is 9.96. The number of nitrogens with zero attached hydrogens (tertiary/aromatic N) is 3. The van der Waals surface area contributed by atoms with Crippen molar-refractivity contribution in [1.82, 2.24) is 9.80 Å². The average molecular weight is 393 g/mol. The Morgan fingerprint density at radius 1 is 0.931 bits per heavy atom. The van der Waals surface area contributed by atoms with E-state index in [0.717, 1.165) is 37.2 Å². The maximum atomic E-state index is 12.5. The van der Waals surface area contributed by atoms with Crippen molar-refractivity contribution in [2.45, 2.75) is 19.3 Å². The number of amides is 2. The van der Waals surface area contributed by atoms with Crippen molar-refractivity contribution in [3.05, 3.63) is 53.6 Å². The van der Waals surface area contributed by atoms with Crippen LogP contribution in [-0.4, -0.2) is 66.7 Å². The van der Waals surface area contributed by atoms with Gasteiger partial charge in [-0.15, -0.1) is 0 Å². The smallest absolute Gasteiger partial charge is 0.324 e. The van der Waals surface area contributed by atoms with E-state index >= 15 is 0 Å². The van der Waals surface area contributed by atoms with Crippen molar-refractivity contribution in [3.8, 4) is 11.1 Å². The van der Waals surface area contributed by atoms with Crippen LogP contribution in [0.3, 0.4) is 0 Å². The van der Waals surface area contributed by atoms with Crippen molar-refractivity contribution in [2.75, 3.05) is 44.7 Å². The van der Waals surface area contributed by atoms with E-state index < -0.39 is 5.97 Å². The van der Waals surface area contributed by atoms with Gasteiger partial charge in [-0.3, -0.25) is 9.69 Å². The number of urea groups is 1. The van der Waals surface area contributed by atoms with Gasteiger partial charge < -0.3 is 14.9 Å². The van der Waals surface area contributed by atoms with Crippen molar-refractivity contribution in [3.63, 3.8) is 0 Å². The van der Waals surface area contributed by atoms with Gasteiger partial charge in [-0.2, -0.15) is 0 Å². The molecule has 0 spiro atoms. The molecule has 1 N–H and O–H groups in total. The second-order valence-corrected chi connectivity index (χ2v) is 7.90. The van der Waals surface area contributed by atoms with Crippen LogP contribution in [0.4, 0.5) is 10.5 Å². The second-order valence-electron chi connectivity index (χ2n) is 7.90. The fourth-order valence-corrected chi connectivity index (χ4v) is 4.11. The van der Waals surface area contributed by atoms with E-state index in [1.54, 1.807) is 9.80 Å². The molecule has 2 aliphatic rings. The van der Waals surface area contributed by atoms with Crippen molar-refractivity contribution in [2.24, 2.45) is 0 Å². The van der Waals surface area contributed by atoms with Crippen LogP contribution >= 0.6 is 0 Å². The minimum absolute atomic E-state index is 0.0212. The zero-order valence-corrected chi connectivity index (χ0v) is 16.8. The number of carboxylic acids is 1. The molecule has 1 fully saturated rings. The van der Waals surface area contributed by atoms with Crippen LogP contribution in [-0.2, 0) is 17.6 Å². The van der Waals surface area contributed by atoms with E-state index in [-0.39, 0.29) is 19.0 Å². The molecule has 0 atom stereocenters. The highest BCUT2D eigenvalue weighted by Crippen LogP contribution is 2.28. The molecule has 2 heterocycles. The summed E-state index contributed by atoms with van der Waals surface area (Å²) in [7, 11) is 2.17. The van der Waals surface area contributed by atoms with Gasteiger partial charge in [-0.1, -0.05) is 30.3 Å². The number of rotatable bonds is 5. The lowest BCUT2D eigenvalue weighted by Crippen LogP contribution is -2.33. The molecule has 0 aliphatic carbocycles. The molecule has 4 rings (SSSR count). The molecule has 2 aliphatic heterocycles. The molecule has 2 aromatic rings. The van der Waals surface area contributed by atoms with Gasteiger partial charge in [0.25, 0.3) is 0 Å². The number of likely N-dealkylation sites (N-methyl/N-ethyl adjacent to an activating group) is 1. The number of carboxylic acid groups (broad SMARTS) is 1. The normalized spacial score (nSPS) is 17.3. The predicted octanol–water partition coefficient (Wildman–Crippen LogP) is 3.10. The van der Waals surface area contributed by atoms with Gasteiger partial charge in [-0.25, -0.2) is 4.79 Å². The molecule has 152 valence electrons. The summed E-state index contributed by atoms with van der Waals surface area (Å²) in [5.74, 6) is -0.881. The molecular weight excluding hydrogens is 366 g/mol. The van der Waals surface area contributed by atoms with Crippen LogP contribution in [0.2, 0.25) is 0 Å². The number of carbonyl (C=O) groups excluding carboxylic acids is 1. The number of fused-ring (bicyclic) bond motifs is 1. The van der Waals surface area contributed by atoms with Crippen molar-refractivity contribution < 1.29 is 14.7 Å². The van der Waals surface area contributed by atoms with E-state index in [2.05, 4.69) is 42.3 Å². The Balaban J connectivity index is 1.47. The molecule has 1 saturated heterocycles. The first kappa shape index (κ1) is 19.5. The zero-order valence-electron chi connectivity index (χ0n) is 16.8. The van der Waals surface area contributed by atoms with Gasteiger partial charge in [-0.05, 0) is 54.3 Å². The zero-order chi connectivity index (χ0) is 20.4. The molecule has 0 aromatic heterocycles. The van der Waals surface area contributed by atoms with Gasteiger partial charge in [0.2, 0.25) is 0 Å². The first-order valence-corrected chi connectivity index (χ1v) is 10.2. The van der Waals surface area contributed by atoms with E-state index in [1.807, 2.05) is 12.1 Å². The highest BCUT2D eigenvalue weighted by atomic mass is 16.4. The molecule has 2 aromatic carbocycles. The molecule has 29 heavy (non-hydrogen) atoms. The second kappa shape index (κ2) is 8.25. The van der Waals surface area contributed by atoms with E-state index in [1.165, 1.54) is 16.7 Å². The van der Waals surface area contributed by atoms with E-state index in [9.17, 15) is 9.59 Å². The number of carbonyl (C=O) groups is 2. The Bertz CT molecular complexity index is 910.